The maximum atomic E-state index is 12.9. The summed E-state index contributed by atoms with van der Waals surface area (Å²) in [5.74, 6) is 0.838. The predicted octanol–water partition coefficient (Wildman–Crippen LogP) is 3.50. The number of halogens is 2. The van der Waals surface area contributed by atoms with Gasteiger partial charge < -0.3 is 19.5 Å². The van der Waals surface area contributed by atoms with Crippen molar-refractivity contribution in [1.29, 1.82) is 0 Å². The van der Waals surface area contributed by atoms with E-state index in [1.165, 1.54) is 12.1 Å². The summed E-state index contributed by atoms with van der Waals surface area (Å²) in [4.78, 5) is 0. The molecule has 0 saturated heterocycles. The Kier molecular flexibility index (Phi) is 3.51. The Hall–Kier alpha value is -2.50. The third-order valence-corrected chi connectivity index (χ3v) is 2.84. The van der Waals surface area contributed by atoms with Gasteiger partial charge in [-0.25, -0.2) is 0 Å². The molecule has 0 saturated carbocycles. The SMILES string of the molecule is FC1(F)Oc2ccc(NCCOc3ccccc3)cc2O1. The second-order valence-corrected chi connectivity index (χ2v) is 4.42. The van der Waals surface area contributed by atoms with Gasteiger partial charge in [-0.1, -0.05) is 18.2 Å². The molecule has 1 aliphatic heterocycles. The fourth-order valence-electron chi connectivity index (χ4n) is 1.94. The Morgan fingerprint density at radius 3 is 2.57 bits per heavy atom. The standard InChI is InChI=1S/C15H13F2NO3/c16-15(17)20-13-7-6-11(10-14(13)21-15)18-8-9-19-12-4-2-1-3-5-12/h1-7,10,18H,8-9H2. The van der Waals surface area contributed by atoms with Gasteiger partial charge in [-0.15, -0.1) is 8.78 Å². The summed E-state index contributed by atoms with van der Waals surface area (Å²) >= 11 is 0. The van der Waals surface area contributed by atoms with Crippen LogP contribution in [-0.4, -0.2) is 19.4 Å². The first-order chi connectivity index (χ1) is 10.1. The number of anilines is 1. The van der Waals surface area contributed by atoms with Crippen LogP contribution < -0.4 is 19.5 Å². The molecule has 0 unspecified atom stereocenters. The number of rotatable bonds is 5. The minimum absolute atomic E-state index is 0.0222. The largest absolute Gasteiger partial charge is 0.586 e. The topological polar surface area (TPSA) is 39.7 Å². The van der Waals surface area contributed by atoms with Crippen LogP contribution in [0.5, 0.6) is 17.2 Å². The van der Waals surface area contributed by atoms with Crippen LogP contribution in [0.25, 0.3) is 0 Å². The summed E-state index contributed by atoms with van der Waals surface area (Å²) < 4.78 is 40.0. The zero-order valence-electron chi connectivity index (χ0n) is 11.0. The minimum atomic E-state index is -3.59. The van der Waals surface area contributed by atoms with E-state index in [0.29, 0.717) is 18.8 Å². The summed E-state index contributed by atoms with van der Waals surface area (Å²) in [6.45, 7) is 0.986. The van der Waals surface area contributed by atoms with Crippen molar-refractivity contribution in [2.24, 2.45) is 0 Å². The van der Waals surface area contributed by atoms with E-state index in [2.05, 4.69) is 14.8 Å². The van der Waals surface area contributed by atoms with Gasteiger partial charge in [-0.3, -0.25) is 0 Å². The van der Waals surface area contributed by atoms with E-state index in [9.17, 15) is 8.78 Å². The van der Waals surface area contributed by atoms with E-state index in [1.54, 1.807) is 6.07 Å². The van der Waals surface area contributed by atoms with E-state index in [0.717, 1.165) is 5.75 Å². The van der Waals surface area contributed by atoms with Crippen LogP contribution >= 0.6 is 0 Å². The van der Waals surface area contributed by atoms with Crippen LogP contribution in [0.2, 0.25) is 0 Å². The molecule has 0 atom stereocenters. The van der Waals surface area contributed by atoms with E-state index >= 15 is 0 Å². The number of alkyl halides is 2. The highest BCUT2D eigenvalue weighted by atomic mass is 19.3. The van der Waals surface area contributed by atoms with Gasteiger partial charge in [0.1, 0.15) is 12.4 Å². The number of benzene rings is 2. The average Bonchev–Trinajstić information content (AvgIpc) is 2.78. The van der Waals surface area contributed by atoms with Crippen molar-refractivity contribution in [3.05, 3.63) is 48.5 Å². The van der Waals surface area contributed by atoms with Crippen molar-refractivity contribution in [2.45, 2.75) is 6.29 Å². The number of fused-ring (bicyclic) bond motifs is 1. The van der Waals surface area contributed by atoms with Crippen molar-refractivity contribution in [3.8, 4) is 17.2 Å². The van der Waals surface area contributed by atoms with E-state index in [-0.39, 0.29) is 11.5 Å². The van der Waals surface area contributed by atoms with Gasteiger partial charge in [0.25, 0.3) is 0 Å². The lowest BCUT2D eigenvalue weighted by Gasteiger charge is -2.08. The summed E-state index contributed by atoms with van der Waals surface area (Å²) in [6.07, 6.45) is -3.59. The fourth-order valence-corrected chi connectivity index (χ4v) is 1.94. The number of nitrogens with one attached hydrogen (secondary N) is 1. The van der Waals surface area contributed by atoms with Crippen LogP contribution in [0.1, 0.15) is 0 Å². The summed E-state index contributed by atoms with van der Waals surface area (Å²) in [5, 5.41) is 3.07. The average molecular weight is 293 g/mol. The summed E-state index contributed by atoms with van der Waals surface area (Å²) in [7, 11) is 0. The lowest BCUT2D eigenvalue weighted by atomic mass is 10.3. The Balaban J connectivity index is 1.51. The smallest absolute Gasteiger partial charge is 0.492 e. The molecular weight excluding hydrogens is 280 g/mol. The van der Waals surface area contributed by atoms with E-state index in [4.69, 9.17) is 4.74 Å². The molecule has 0 spiro atoms. The van der Waals surface area contributed by atoms with Crippen molar-refractivity contribution in [1.82, 2.24) is 0 Å². The van der Waals surface area contributed by atoms with E-state index in [1.807, 2.05) is 30.3 Å². The molecule has 0 aliphatic carbocycles. The minimum Gasteiger partial charge on any atom is -0.492 e. The maximum absolute atomic E-state index is 12.9. The fraction of sp³-hybridized carbons (Fsp3) is 0.200. The van der Waals surface area contributed by atoms with Gasteiger partial charge >= 0.3 is 6.29 Å². The van der Waals surface area contributed by atoms with Gasteiger partial charge in [-0.2, -0.15) is 0 Å². The third-order valence-electron chi connectivity index (χ3n) is 2.84. The first-order valence-corrected chi connectivity index (χ1v) is 6.44. The van der Waals surface area contributed by atoms with Crippen molar-refractivity contribution >= 4 is 5.69 Å². The molecule has 110 valence electrons. The maximum Gasteiger partial charge on any atom is 0.586 e. The van der Waals surface area contributed by atoms with Gasteiger partial charge in [0.05, 0.1) is 0 Å². The molecular formula is C15H13F2NO3. The molecule has 0 fully saturated rings. The number of hydrogen-bond donors (Lipinski definition) is 1. The second-order valence-electron chi connectivity index (χ2n) is 4.42. The summed E-state index contributed by atoms with van der Waals surface area (Å²) in [6, 6.07) is 14.0. The number of ether oxygens (including phenoxy) is 3. The molecule has 1 N–H and O–H groups in total. The number of hydrogen-bond acceptors (Lipinski definition) is 4. The quantitative estimate of drug-likeness (QED) is 0.857. The molecule has 0 aromatic heterocycles. The Bertz CT molecular complexity index is 620. The molecule has 21 heavy (non-hydrogen) atoms. The molecule has 0 bridgehead atoms. The summed E-state index contributed by atoms with van der Waals surface area (Å²) in [5.41, 5.74) is 0.659. The van der Waals surface area contributed by atoms with Gasteiger partial charge in [0.2, 0.25) is 0 Å². The van der Waals surface area contributed by atoms with Crippen molar-refractivity contribution in [2.75, 3.05) is 18.5 Å². The zero-order valence-corrected chi connectivity index (χ0v) is 11.0. The molecule has 2 aromatic rings. The molecule has 3 rings (SSSR count). The highest BCUT2D eigenvalue weighted by Crippen LogP contribution is 2.42. The van der Waals surface area contributed by atoms with Crippen molar-refractivity contribution < 1.29 is 23.0 Å². The van der Waals surface area contributed by atoms with Crippen LogP contribution in [0, 0.1) is 0 Å². The monoisotopic (exact) mass is 293 g/mol. The first kappa shape index (κ1) is 13.5. The Morgan fingerprint density at radius 2 is 1.76 bits per heavy atom. The van der Waals surface area contributed by atoms with Crippen molar-refractivity contribution in [3.63, 3.8) is 0 Å². The third kappa shape index (κ3) is 3.34. The molecule has 0 amide bonds. The lowest BCUT2D eigenvalue weighted by Crippen LogP contribution is -2.25. The molecule has 2 aromatic carbocycles. The lowest BCUT2D eigenvalue weighted by molar-refractivity contribution is -0.286. The molecule has 4 nitrogen and oxygen atoms in total. The predicted molar refractivity (Wildman–Crippen MR) is 73.1 cm³/mol. The zero-order chi connectivity index (χ0) is 14.7. The van der Waals surface area contributed by atoms with Gasteiger partial charge in [0.15, 0.2) is 11.5 Å². The number of para-hydroxylation sites is 1. The molecule has 1 heterocycles. The second kappa shape index (κ2) is 5.47. The highest BCUT2D eigenvalue weighted by Gasteiger charge is 2.43. The molecule has 0 radical (unpaired) electrons. The normalized spacial score (nSPS) is 14.8. The van der Waals surface area contributed by atoms with E-state index < -0.39 is 6.29 Å². The van der Waals surface area contributed by atoms with Crippen LogP contribution in [0.4, 0.5) is 14.5 Å². The molecule has 6 heteroatoms. The Morgan fingerprint density at radius 1 is 1.00 bits per heavy atom. The van der Waals surface area contributed by atoms with Crippen LogP contribution in [-0.2, 0) is 0 Å². The first-order valence-electron chi connectivity index (χ1n) is 6.44. The highest BCUT2D eigenvalue weighted by molar-refractivity contribution is 5.55. The Labute approximate surface area is 120 Å². The van der Waals surface area contributed by atoms with Crippen LogP contribution in [0.3, 0.4) is 0 Å². The van der Waals surface area contributed by atoms with Gasteiger partial charge in [-0.05, 0) is 24.3 Å². The van der Waals surface area contributed by atoms with Crippen LogP contribution in [0.15, 0.2) is 48.5 Å². The van der Waals surface area contributed by atoms with Gasteiger partial charge in [0, 0.05) is 18.3 Å². The molecule has 1 aliphatic rings.